The lowest BCUT2D eigenvalue weighted by atomic mass is 9.92. The second kappa shape index (κ2) is 4.93. The van der Waals surface area contributed by atoms with Crippen molar-refractivity contribution in [1.82, 2.24) is 10.3 Å². The molecule has 1 N–H and O–H groups in total. The molecule has 0 saturated heterocycles. The molecule has 3 heteroatoms. The van der Waals surface area contributed by atoms with Gasteiger partial charge in [0.15, 0.2) is 0 Å². The molecule has 1 fully saturated rings. The Labute approximate surface area is 115 Å². The van der Waals surface area contributed by atoms with Crippen molar-refractivity contribution in [3.63, 3.8) is 0 Å². The van der Waals surface area contributed by atoms with Gasteiger partial charge in [0, 0.05) is 23.9 Å². The average Bonchev–Trinajstić information content (AvgIpc) is 2.87. The topological polar surface area (TPSA) is 24.9 Å². The predicted molar refractivity (Wildman–Crippen MR) is 79.0 cm³/mol. The van der Waals surface area contributed by atoms with Gasteiger partial charge >= 0.3 is 0 Å². The number of aromatic nitrogens is 1. The first kappa shape index (κ1) is 14.0. The van der Waals surface area contributed by atoms with Gasteiger partial charge in [0.1, 0.15) is 0 Å². The molecule has 0 aliphatic heterocycles. The Bertz CT molecular complexity index is 397. The van der Waals surface area contributed by atoms with E-state index in [9.17, 15) is 0 Å². The summed E-state index contributed by atoms with van der Waals surface area (Å²) >= 11 is 1.79. The molecule has 0 aromatic carbocycles. The Morgan fingerprint density at radius 3 is 2.50 bits per heavy atom. The quantitative estimate of drug-likeness (QED) is 0.872. The van der Waals surface area contributed by atoms with E-state index in [0.29, 0.717) is 5.41 Å². The van der Waals surface area contributed by atoms with E-state index in [1.54, 1.807) is 11.3 Å². The van der Waals surface area contributed by atoms with E-state index in [1.807, 2.05) is 0 Å². The van der Waals surface area contributed by atoms with Gasteiger partial charge in [-0.2, -0.15) is 0 Å². The molecule has 1 aromatic rings. The van der Waals surface area contributed by atoms with E-state index in [2.05, 4.69) is 45.3 Å². The summed E-state index contributed by atoms with van der Waals surface area (Å²) in [5, 5.41) is 7.03. The van der Waals surface area contributed by atoms with Crippen LogP contribution < -0.4 is 5.32 Å². The molecule has 102 valence electrons. The van der Waals surface area contributed by atoms with Crippen molar-refractivity contribution in [2.75, 3.05) is 6.54 Å². The van der Waals surface area contributed by atoms with Gasteiger partial charge in [0.05, 0.1) is 10.7 Å². The van der Waals surface area contributed by atoms with Crippen LogP contribution in [0.2, 0.25) is 0 Å². The van der Waals surface area contributed by atoms with Gasteiger partial charge in [0.2, 0.25) is 0 Å². The van der Waals surface area contributed by atoms with Crippen molar-refractivity contribution < 1.29 is 0 Å². The number of nitrogens with one attached hydrogen (secondary N) is 1. The smallest absolute Gasteiger partial charge is 0.0982 e. The Morgan fingerprint density at radius 1 is 1.39 bits per heavy atom. The van der Waals surface area contributed by atoms with Crippen molar-refractivity contribution in [3.05, 3.63) is 16.1 Å². The maximum absolute atomic E-state index is 4.72. The normalized spacial score (nSPS) is 18.3. The van der Waals surface area contributed by atoms with Crippen LogP contribution in [0.3, 0.4) is 0 Å². The van der Waals surface area contributed by atoms with Crippen molar-refractivity contribution in [1.29, 1.82) is 0 Å². The zero-order chi connectivity index (χ0) is 13.4. The SMILES string of the molecule is CC(C)C1(CNCc2csc(C(C)(C)C)n2)CC1. The highest BCUT2D eigenvalue weighted by molar-refractivity contribution is 7.09. The standard InChI is InChI=1S/C15H26N2S/c1-11(2)15(6-7-15)10-16-8-12-9-18-13(17-12)14(3,4)5/h9,11,16H,6-8,10H2,1-5H3. The van der Waals surface area contributed by atoms with E-state index in [1.165, 1.54) is 23.5 Å². The number of hydrogen-bond acceptors (Lipinski definition) is 3. The highest BCUT2D eigenvalue weighted by Gasteiger charge is 2.44. The third-order valence-corrected chi connectivity index (χ3v) is 5.41. The van der Waals surface area contributed by atoms with Crippen LogP contribution in [0.1, 0.15) is 58.2 Å². The van der Waals surface area contributed by atoms with Crippen molar-refractivity contribution in [2.24, 2.45) is 11.3 Å². The maximum atomic E-state index is 4.72. The van der Waals surface area contributed by atoms with Crippen LogP contribution in [0.15, 0.2) is 5.38 Å². The first-order chi connectivity index (χ1) is 8.33. The summed E-state index contributed by atoms with van der Waals surface area (Å²) in [4.78, 5) is 4.72. The zero-order valence-electron chi connectivity index (χ0n) is 12.3. The molecule has 1 saturated carbocycles. The van der Waals surface area contributed by atoms with E-state index in [-0.39, 0.29) is 5.41 Å². The fourth-order valence-corrected chi connectivity index (χ4v) is 3.20. The van der Waals surface area contributed by atoms with Crippen molar-refractivity contribution in [2.45, 2.75) is 59.4 Å². The first-order valence-electron chi connectivity index (χ1n) is 6.99. The highest BCUT2D eigenvalue weighted by Crippen LogP contribution is 2.51. The molecule has 1 heterocycles. The first-order valence-corrected chi connectivity index (χ1v) is 7.87. The molecular weight excluding hydrogens is 240 g/mol. The number of thiazole rings is 1. The second-order valence-electron chi connectivity index (χ2n) is 7.01. The van der Waals surface area contributed by atoms with Crippen LogP contribution >= 0.6 is 11.3 Å². The predicted octanol–water partition coefficient (Wildman–Crippen LogP) is 3.97. The van der Waals surface area contributed by atoms with Gasteiger partial charge in [-0.25, -0.2) is 4.98 Å². The Hall–Kier alpha value is -0.410. The largest absolute Gasteiger partial charge is 0.311 e. The molecular formula is C15H26N2S. The molecule has 0 atom stereocenters. The summed E-state index contributed by atoms with van der Waals surface area (Å²) in [6.07, 6.45) is 2.78. The van der Waals surface area contributed by atoms with Crippen LogP contribution in [0, 0.1) is 11.3 Å². The molecule has 0 amide bonds. The highest BCUT2D eigenvalue weighted by atomic mass is 32.1. The number of nitrogens with zero attached hydrogens (tertiary/aromatic N) is 1. The monoisotopic (exact) mass is 266 g/mol. The zero-order valence-corrected chi connectivity index (χ0v) is 13.2. The molecule has 1 aliphatic rings. The summed E-state index contributed by atoms with van der Waals surface area (Å²) in [6, 6.07) is 0. The maximum Gasteiger partial charge on any atom is 0.0982 e. The van der Waals surface area contributed by atoms with Gasteiger partial charge in [-0.1, -0.05) is 34.6 Å². The molecule has 0 unspecified atom stereocenters. The van der Waals surface area contributed by atoms with Crippen molar-refractivity contribution >= 4 is 11.3 Å². The molecule has 1 aliphatic carbocycles. The van der Waals surface area contributed by atoms with Crippen LogP contribution in [0.5, 0.6) is 0 Å². The Morgan fingerprint density at radius 2 is 2.06 bits per heavy atom. The molecule has 0 bridgehead atoms. The van der Waals surface area contributed by atoms with Crippen molar-refractivity contribution in [3.8, 4) is 0 Å². The van der Waals surface area contributed by atoms with Crippen LogP contribution in [-0.2, 0) is 12.0 Å². The summed E-state index contributed by atoms with van der Waals surface area (Å²) in [5.74, 6) is 0.797. The van der Waals surface area contributed by atoms with Gasteiger partial charge in [0.25, 0.3) is 0 Å². The summed E-state index contributed by atoms with van der Waals surface area (Å²) in [5.41, 5.74) is 1.96. The molecule has 1 aromatic heterocycles. The lowest BCUT2D eigenvalue weighted by Gasteiger charge is -2.19. The lowest BCUT2D eigenvalue weighted by molar-refractivity contribution is 0.337. The number of rotatable bonds is 5. The second-order valence-corrected chi connectivity index (χ2v) is 7.87. The van der Waals surface area contributed by atoms with Gasteiger partial charge < -0.3 is 5.32 Å². The minimum atomic E-state index is 0.179. The van der Waals surface area contributed by atoms with E-state index >= 15 is 0 Å². The fraction of sp³-hybridized carbons (Fsp3) is 0.800. The molecule has 2 rings (SSSR count). The fourth-order valence-electron chi connectivity index (χ4n) is 2.29. The number of hydrogen-bond donors (Lipinski definition) is 1. The average molecular weight is 266 g/mol. The molecule has 0 spiro atoms. The van der Waals surface area contributed by atoms with Crippen LogP contribution in [0.4, 0.5) is 0 Å². The molecule has 18 heavy (non-hydrogen) atoms. The minimum absolute atomic E-state index is 0.179. The Balaban J connectivity index is 1.83. The summed E-state index contributed by atoms with van der Waals surface area (Å²) < 4.78 is 0. The third kappa shape index (κ3) is 3.12. The third-order valence-electron chi connectivity index (χ3n) is 4.09. The van der Waals surface area contributed by atoms with E-state index < -0.39 is 0 Å². The van der Waals surface area contributed by atoms with Crippen LogP contribution in [-0.4, -0.2) is 11.5 Å². The molecule has 2 nitrogen and oxygen atoms in total. The van der Waals surface area contributed by atoms with Gasteiger partial charge in [-0.15, -0.1) is 11.3 Å². The molecule has 0 radical (unpaired) electrons. The van der Waals surface area contributed by atoms with E-state index in [0.717, 1.165) is 19.0 Å². The van der Waals surface area contributed by atoms with E-state index in [4.69, 9.17) is 4.98 Å². The summed E-state index contributed by atoms with van der Waals surface area (Å²) in [7, 11) is 0. The Kier molecular flexibility index (Phi) is 3.84. The summed E-state index contributed by atoms with van der Waals surface area (Å²) in [6.45, 7) is 13.4. The lowest BCUT2D eigenvalue weighted by Crippen LogP contribution is -2.27. The minimum Gasteiger partial charge on any atom is -0.311 e. The van der Waals surface area contributed by atoms with Gasteiger partial charge in [-0.05, 0) is 24.2 Å². The van der Waals surface area contributed by atoms with Crippen LogP contribution in [0.25, 0.3) is 0 Å². The van der Waals surface area contributed by atoms with Gasteiger partial charge in [-0.3, -0.25) is 0 Å².